The van der Waals surface area contributed by atoms with Crippen molar-refractivity contribution in [3.05, 3.63) is 70.6 Å². The number of carbonyl (C=O) groups is 1. The fraction of sp³-hybridized carbons (Fsp3) is 0. The normalized spacial score (nSPS) is 10.2. The highest BCUT2D eigenvalue weighted by molar-refractivity contribution is 7.14. The Morgan fingerprint density at radius 3 is 2.75 bits per heavy atom. The summed E-state index contributed by atoms with van der Waals surface area (Å²) in [6, 6.07) is 11.7. The molecule has 0 radical (unpaired) electrons. The van der Waals surface area contributed by atoms with Crippen molar-refractivity contribution in [1.82, 2.24) is 4.98 Å². The van der Waals surface area contributed by atoms with Gasteiger partial charge < -0.3 is 0 Å². The fourth-order valence-electron chi connectivity index (χ4n) is 2.02. The summed E-state index contributed by atoms with van der Waals surface area (Å²) in [5.41, 5.74) is 1.56. The highest BCUT2D eigenvalue weighted by atomic mass is 32.1. The summed E-state index contributed by atoms with van der Waals surface area (Å²) in [7, 11) is 0. The lowest BCUT2D eigenvalue weighted by molar-refractivity contribution is 0.102. The Balaban J connectivity index is 1.79. The van der Waals surface area contributed by atoms with Crippen molar-refractivity contribution in [2.24, 2.45) is 0 Å². The van der Waals surface area contributed by atoms with Gasteiger partial charge in [0.15, 0.2) is 16.8 Å². The summed E-state index contributed by atoms with van der Waals surface area (Å²) in [4.78, 5) is 16.4. The number of hydrogen-bond donors (Lipinski definition) is 1. The zero-order valence-corrected chi connectivity index (χ0v) is 12.9. The first-order valence-corrected chi connectivity index (χ1v) is 7.67. The maximum atomic E-state index is 13.3. The van der Waals surface area contributed by atoms with Crippen LogP contribution in [0.15, 0.2) is 47.8 Å². The molecule has 24 heavy (non-hydrogen) atoms. The molecule has 0 aliphatic carbocycles. The number of nitrogens with zero attached hydrogens (tertiary/aromatic N) is 2. The first-order chi connectivity index (χ1) is 11.6. The minimum absolute atomic E-state index is 0.321. The molecule has 2 aromatic carbocycles. The van der Waals surface area contributed by atoms with Crippen LogP contribution in [-0.4, -0.2) is 10.9 Å². The molecule has 1 aromatic heterocycles. The SMILES string of the molecule is N#Cc1cccc(C(=O)Nc2nc(-c3ccc(F)c(F)c3)cs2)c1. The number of benzene rings is 2. The molecular formula is C17H9F2N3OS. The average Bonchev–Trinajstić information content (AvgIpc) is 3.06. The minimum atomic E-state index is -0.959. The Bertz CT molecular complexity index is 962. The van der Waals surface area contributed by atoms with Gasteiger partial charge in [-0.2, -0.15) is 5.26 Å². The van der Waals surface area contributed by atoms with Crippen molar-refractivity contribution in [2.75, 3.05) is 5.32 Å². The number of amides is 1. The van der Waals surface area contributed by atoms with Crippen LogP contribution in [0, 0.1) is 23.0 Å². The average molecular weight is 341 g/mol. The second-order valence-corrected chi connectivity index (χ2v) is 5.67. The molecule has 1 amide bonds. The molecule has 0 unspecified atom stereocenters. The zero-order valence-electron chi connectivity index (χ0n) is 12.1. The van der Waals surface area contributed by atoms with Gasteiger partial charge in [-0.1, -0.05) is 6.07 Å². The molecular weight excluding hydrogens is 332 g/mol. The first-order valence-electron chi connectivity index (χ1n) is 6.79. The maximum Gasteiger partial charge on any atom is 0.257 e. The van der Waals surface area contributed by atoms with E-state index in [-0.39, 0.29) is 0 Å². The zero-order chi connectivity index (χ0) is 17.1. The van der Waals surface area contributed by atoms with Gasteiger partial charge in [0, 0.05) is 16.5 Å². The molecule has 0 aliphatic heterocycles. The first kappa shape index (κ1) is 15.8. The molecule has 0 fully saturated rings. The van der Waals surface area contributed by atoms with E-state index in [9.17, 15) is 13.6 Å². The van der Waals surface area contributed by atoms with Crippen LogP contribution in [0.5, 0.6) is 0 Å². The van der Waals surface area contributed by atoms with Crippen LogP contribution in [0.25, 0.3) is 11.3 Å². The Morgan fingerprint density at radius 2 is 2.00 bits per heavy atom. The van der Waals surface area contributed by atoms with E-state index in [1.165, 1.54) is 12.1 Å². The molecule has 1 heterocycles. The van der Waals surface area contributed by atoms with Gasteiger partial charge in [0.05, 0.1) is 17.3 Å². The third-order valence-electron chi connectivity index (χ3n) is 3.19. The van der Waals surface area contributed by atoms with Gasteiger partial charge in [-0.05, 0) is 36.4 Å². The van der Waals surface area contributed by atoms with Crippen molar-refractivity contribution >= 4 is 22.4 Å². The summed E-state index contributed by atoms with van der Waals surface area (Å²) >= 11 is 1.16. The van der Waals surface area contributed by atoms with Crippen molar-refractivity contribution in [2.45, 2.75) is 0 Å². The van der Waals surface area contributed by atoms with E-state index in [0.29, 0.717) is 27.5 Å². The number of nitriles is 1. The van der Waals surface area contributed by atoms with Crippen molar-refractivity contribution in [3.8, 4) is 17.3 Å². The van der Waals surface area contributed by atoms with Crippen LogP contribution >= 0.6 is 11.3 Å². The molecule has 3 aromatic rings. The van der Waals surface area contributed by atoms with Crippen LogP contribution < -0.4 is 5.32 Å². The van der Waals surface area contributed by atoms with Crippen molar-refractivity contribution in [3.63, 3.8) is 0 Å². The molecule has 1 N–H and O–H groups in total. The molecule has 0 bridgehead atoms. The second kappa shape index (κ2) is 6.56. The number of nitrogens with one attached hydrogen (secondary N) is 1. The van der Waals surface area contributed by atoms with E-state index in [0.717, 1.165) is 23.5 Å². The summed E-state index contributed by atoms with van der Waals surface area (Å²) in [6.07, 6.45) is 0. The van der Waals surface area contributed by atoms with Crippen LogP contribution in [0.1, 0.15) is 15.9 Å². The number of hydrogen-bond acceptors (Lipinski definition) is 4. The van der Waals surface area contributed by atoms with Gasteiger partial charge in [-0.25, -0.2) is 13.8 Å². The van der Waals surface area contributed by atoms with E-state index in [2.05, 4.69) is 10.3 Å². The number of carbonyl (C=O) groups excluding carboxylic acids is 1. The molecule has 0 spiro atoms. The van der Waals surface area contributed by atoms with Gasteiger partial charge in [0.2, 0.25) is 0 Å². The largest absolute Gasteiger partial charge is 0.298 e. The molecule has 0 saturated carbocycles. The standard InChI is InChI=1S/C17H9F2N3OS/c18-13-5-4-11(7-14(13)19)15-9-24-17(21-15)22-16(23)12-3-1-2-10(6-12)8-20/h1-7,9H,(H,21,22,23). The molecule has 118 valence electrons. The Hall–Kier alpha value is -3.11. The monoisotopic (exact) mass is 341 g/mol. The van der Waals surface area contributed by atoms with Crippen LogP contribution in [0.4, 0.5) is 13.9 Å². The van der Waals surface area contributed by atoms with Gasteiger partial charge in [-0.3, -0.25) is 10.1 Å². The Kier molecular flexibility index (Phi) is 4.31. The third-order valence-corrected chi connectivity index (χ3v) is 3.95. The molecule has 0 saturated heterocycles. The van der Waals surface area contributed by atoms with Crippen LogP contribution in [-0.2, 0) is 0 Å². The smallest absolute Gasteiger partial charge is 0.257 e. The molecule has 0 aliphatic rings. The predicted molar refractivity (Wildman–Crippen MR) is 86.6 cm³/mol. The molecule has 7 heteroatoms. The van der Waals surface area contributed by atoms with E-state index in [4.69, 9.17) is 5.26 Å². The minimum Gasteiger partial charge on any atom is -0.298 e. The lowest BCUT2D eigenvalue weighted by atomic mass is 10.1. The summed E-state index contributed by atoms with van der Waals surface area (Å²) in [5.74, 6) is -2.29. The van der Waals surface area contributed by atoms with Crippen molar-refractivity contribution < 1.29 is 13.6 Å². The summed E-state index contributed by atoms with van der Waals surface area (Å²) in [6.45, 7) is 0. The van der Waals surface area contributed by atoms with Gasteiger partial charge in [0.25, 0.3) is 5.91 Å². The highest BCUT2D eigenvalue weighted by Gasteiger charge is 2.12. The molecule has 3 rings (SSSR count). The lowest BCUT2D eigenvalue weighted by Crippen LogP contribution is -2.11. The number of thiazole rings is 1. The van der Waals surface area contributed by atoms with E-state index in [1.807, 2.05) is 6.07 Å². The topological polar surface area (TPSA) is 65.8 Å². The second-order valence-electron chi connectivity index (χ2n) is 4.81. The van der Waals surface area contributed by atoms with Crippen LogP contribution in [0.3, 0.4) is 0 Å². The van der Waals surface area contributed by atoms with Gasteiger partial charge in [0.1, 0.15) is 0 Å². The van der Waals surface area contributed by atoms with Crippen LogP contribution in [0.2, 0.25) is 0 Å². The summed E-state index contributed by atoms with van der Waals surface area (Å²) < 4.78 is 26.2. The lowest BCUT2D eigenvalue weighted by Gasteiger charge is -2.02. The quantitative estimate of drug-likeness (QED) is 0.776. The van der Waals surface area contributed by atoms with E-state index < -0.39 is 17.5 Å². The summed E-state index contributed by atoms with van der Waals surface area (Å²) in [5, 5.41) is 13.4. The van der Waals surface area contributed by atoms with Gasteiger partial charge in [-0.15, -0.1) is 11.3 Å². The Labute approximate surface area is 140 Å². The van der Waals surface area contributed by atoms with E-state index >= 15 is 0 Å². The Morgan fingerprint density at radius 1 is 1.17 bits per heavy atom. The number of halogens is 2. The molecule has 0 atom stereocenters. The maximum absolute atomic E-state index is 13.3. The fourth-order valence-corrected chi connectivity index (χ4v) is 2.73. The van der Waals surface area contributed by atoms with E-state index in [1.54, 1.807) is 23.6 Å². The van der Waals surface area contributed by atoms with Gasteiger partial charge >= 0.3 is 0 Å². The van der Waals surface area contributed by atoms with Crippen molar-refractivity contribution in [1.29, 1.82) is 5.26 Å². The highest BCUT2D eigenvalue weighted by Crippen LogP contribution is 2.26. The third kappa shape index (κ3) is 3.29. The number of anilines is 1. The number of rotatable bonds is 3. The number of aromatic nitrogens is 1. The predicted octanol–water partition coefficient (Wildman–Crippen LogP) is 4.21. The molecule has 4 nitrogen and oxygen atoms in total.